The Bertz CT molecular complexity index is 1320. The number of aromatic nitrogens is 4. The molecule has 0 aliphatic carbocycles. The number of phenolic OH excluding ortho intramolecular Hbond substituents is 1. The number of aromatic amines is 2. The van der Waals surface area contributed by atoms with Gasteiger partial charge in [-0.1, -0.05) is 37.1 Å². The molecule has 5 rings (SSSR count). The molecule has 0 saturated carbocycles. The lowest BCUT2D eigenvalue weighted by Crippen LogP contribution is -2.31. The second-order valence-electron chi connectivity index (χ2n) is 8.51. The van der Waals surface area contributed by atoms with Crippen LogP contribution >= 0.6 is 11.9 Å². The van der Waals surface area contributed by atoms with Gasteiger partial charge in [0.25, 0.3) is 0 Å². The van der Waals surface area contributed by atoms with E-state index in [9.17, 15) is 5.11 Å². The average Bonchev–Trinajstić information content (AvgIpc) is 3.51. The second kappa shape index (κ2) is 10.0. The van der Waals surface area contributed by atoms with E-state index in [1.807, 2.05) is 25.4 Å². The molecular weight excluding hydrogens is 444 g/mol. The number of benzene rings is 2. The van der Waals surface area contributed by atoms with Crippen molar-refractivity contribution in [2.45, 2.75) is 19.8 Å². The third kappa shape index (κ3) is 4.61. The highest BCUT2D eigenvalue weighted by molar-refractivity contribution is 7.97. The lowest BCUT2D eigenvalue weighted by atomic mass is 9.97. The Balaban J connectivity index is 1.36. The van der Waals surface area contributed by atoms with Crippen LogP contribution in [-0.4, -0.2) is 62.6 Å². The Kier molecular flexibility index (Phi) is 6.71. The van der Waals surface area contributed by atoms with Crippen LogP contribution in [0.2, 0.25) is 0 Å². The van der Waals surface area contributed by atoms with Gasteiger partial charge in [-0.05, 0) is 66.4 Å². The Morgan fingerprint density at radius 1 is 1.21 bits per heavy atom. The van der Waals surface area contributed by atoms with Gasteiger partial charge in [0.05, 0.1) is 17.4 Å². The van der Waals surface area contributed by atoms with E-state index in [0.29, 0.717) is 5.75 Å². The number of fused-ring (bicyclic) bond motifs is 1. The number of hydrogen-bond acceptors (Lipinski definition) is 6. The molecular formula is C26H30N6OS. The number of hydrogen-bond donors (Lipinski definition) is 4. The number of phenols is 1. The average molecular weight is 475 g/mol. The fourth-order valence-electron chi connectivity index (χ4n) is 4.56. The molecule has 3 heterocycles. The van der Waals surface area contributed by atoms with Crippen molar-refractivity contribution in [1.29, 1.82) is 0 Å². The summed E-state index contributed by atoms with van der Waals surface area (Å²) in [6.45, 7) is 5.23. The van der Waals surface area contributed by atoms with E-state index in [-0.39, 0.29) is 0 Å². The van der Waals surface area contributed by atoms with Gasteiger partial charge in [-0.2, -0.15) is 5.10 Å². The molecule has 0 unspecified atom stereocenters. The highest BCUT2D eigenvalue weighted by Gasteiger charge is 2.17. The molecule has 0 spiro atoms. The van der Waals surface area contributed by atoms with Crippen molar-refractivity contribution in [3.63, 3.8) is 0 Å². The molecule has 2 aromatic heterocycles. The Labute approximate surface area is 203 Å². The summed E-state index contributed by atoms with van der Waals surface area (Å²) in [5, 5.41) is 18.6. The zero-order valence-corrected chi connectivity index (χ0v) is 20.4. The minimum absolute atomic E-state index is 0.299. The predicted octanol–water partition coefficient (Wildman–Crippen LogP) is 4.84. The number of nitrogens with zero attached hydrogens (tertiary/aromatic N) is 3. The molecule has 34 heavy (non-hydrogen) atoms. The lowest BCUT2D eigenvalue weighted by molar-refractivity contribution is 0.321. The topological polar surface area (TPSA) is 92.9 Å². The largest absolute Gasteiger partial charge is 0.508 e. The van der Waals surface area contributed by atoms with Gasteiger partial charge in [0.1, 0.15) is 11.4 Å². The highest BCUT2D eigenvalue weighted by Crippen LogP contribution is 2.32. The molecule has 7 nitrogen and oxygen atoms in total. The van der Waals surface area contributed by atoms with Crippen molar-refractivity contribution in [3.05, 3.63) is 59.9 Å². The minimum atomic E-state index is 0.299. The predicted molar refractivity (Wildman–Crippen MR) is 141 cm³/mol. The van der Waals surface area contributed by atoms with Crippen LogP contribution in [0.3, 0.4) is 0 Å². The monoisotopic (exact) mass is 474 g/mol. The van der Waals surface area contributed by atoms with Crippen LogP contribution in [0.15, 0.2) is 48.7 Å². The molecule has 4 N–H and O–H groups in total. The van der Waals surface area contributed by atoms with Crippen molar-refractivity contribution in [2.24, 2.45) is 0 Å². The first-order chi connectivity index (χ1) is 16.7. The van der Waals surface area contributed by atoms with Crippen LogP contribution in [0.4, 0.5) is 0 Å². The van der Waals surface area contributed by atoms with E-state index in [1.54, 1.807) is 18.0 Å². The molecule has 0 radical (unpaired) electrons. The molecule has 0 fully saturated rings. The quantitative estimate of drug-likeness (QED) is 0.216. The fraction of sp³-hybridized carbons (Fsp3) is 0.308. The number of nitrogens with one attached hydrogen (secondary N) is 3. The molecule has 0 saturated heterocycles. The first kappa shape index (κ1) is 22.7. The molecule has 8 heteroatoms. The Hall–Kier alpha value is -3.07. The molecule has 4 aromatic rings. The third-order valence-corrected chi connectivity index (χ3v) is 7.11. The van der Waals surface area contributed by atoms with Gasteiger partial charge in [0, 0.05) is 30.8 Å². The van der Waals surface area contributed by atoms with Crippen LogP contribution in [0.5, 0.6) is 5.75 Å². The van der Waals surface area contributed by atoms with E-state index < -0.39 is 0 Å². The fourth-order valence-corrected chi connectivity index (χ4v) is 5.12. The van der Waals surface area contributed by atoms with Gasteiger partial charge in [0.2, 0.25) is 0 Å². The zero-order chi connectivity index (χ0) is 23.5. The second-order valence-corrected chi connectivity index (χ2v) is 9.61. The van der Waals surface area contributed by atoms with Crippen LogP contribution in [0.1, 0.15) is 24.6 Å². The third-order valence-electron chi connectivity index (χ3n) is 6.44. The van der Waals surface area contributed by atoms with E-state index >= 15 is 0 Å². The maximum absolute atomic E-state index is 9.83. The van der Waals surface area contributed by atoms with E-state index in [0.717, 1.165) is 83.0 Å². The summed E-state index contributed by atoms with van der Waals surface area (Å²) in [7, 11) is 1.97. The van der Waals surface area contributed by atoms with Gasteiger partial charge >= 0.3 is 0 Å². The number of H-pyrrole nitrogens is 2. The summed E-state index contributed by atoms with van der Waals surface area (Å²) in [4.78, 5) is 10.6. The Morgan fingerprint density at radius 2 is 2.12 bits per heavy atom. The van der Waals surface area contributed by atoms with Gasteiger partial charge in [-0.25, -0.2) is 4.98 Å². The minimum Gasteiger partial charge on any atom is -0.508 e. The first-order valence-corrected chi connectivity index (χ1v) is 12.7. The molecule has 1 aliphatic heterocycles. The van der Waals surface area contributed by atoms with Crippen LogP contribution in [0.25, 0.3) is 39.1 Å². The van der Waals surface area contributed by atoms with Crippen molar-refractivity contribution in [2.75, 3.05) is 32.4 Å². The van der Waals surface area contributed by atoms with Crippen molar-refractivity contribution in [3.8, 4) is 28.4 Å². The summed E-state index contributed by atoms with van der Waals surface area (Å²) in [6.07, 6.45) is 6.10. The van der Waals surface area contributed by atoms with Crippen LogP contribution in [-0.2, 0) is 6.42 Å². The standard InChI is InChI=1S/C26H30N6OS/c1-3-17-14-20(33)5-7-21(17)19-4-6-22-23(15-19)30-31-25(22)26-28-16-24(29-26)18-8-10-32(11-9-18)12-13-34-27-2/h4-8,14-16,27,33H,3,9-13H2,1-2H3,(H,28,29)(H,30,31). The SMILES string of the molecule is CCc1cc(O)ccc1-c1ccc2c(-c3ncc(C4=CCN(CCSNC)CC4)[nH]3)n[nH]c2c1. The summed E-state index contributed by atoms with van der Waals surface area (Å²) >= 11 is 1.75. The summed E-state index contributed by atoms with van der Waals surface area (Å²) < 4.78 is 3.13. The molecule has 0 bridgehead atoms. The highest BCUT2D eigenvalue weighted by atomic mass is 32.2. The van der Waals surface area contributed by atoms with E-state index in [4.69, 9.17) is 0 Å². The van der Waals surface area contributed by atoms with Crippen LogP contribution in [0, 0.1) is 0 Å². The zero-order valence-electron chi connectivity index (χ0n) is 19.6. The van der Waals surface area contributed by atoms with Crippen LogP contribution < -0.4 is 4.72 Å². The van der Waals surface area contributed by atoms with E-state index in [2.05, 4.69) is 61.0 Å². The molecule has 0 atom stereocenters. The number of aryl methyl sites for hydroxylation is 1. The molecule has 0 amide bonds. The maximum atomic E-state index is 9.83. The van der Waals surface area contributed by atoms with E-state index in [1.165, 1.54) is 5.57 Å². The number of rotatable bonds is 8. The number of aromatic hydroxyl groups is 1. The summed E-state index contributed by atoms with van der Waals surface area (Å²) in [6, 6.07) is 11.9. The van der Waals surface area contributed by atoms with Crippen molar-refractivity contribution >= 4 is 28.4 Å². The molecule has 176 valence electrons. The summed E-state index contributed by atoms with van der Waals surface area (Å²) in [5.74, 6) is 2.17. The maximum Gasteiger partial charge on any atom is 0.159 e. The normalized spacial score (nSPS) is 14.6. The van der Waals surface area contributed by atoms with Gasteiger partial charge in [0.15, 0.2) is 5.82 Å². The lowest BCUT2D eigenvalue weighted by Gasteiger charge is -2.25. The van der Waals surface area contributed by atoms with Crippen molar-refractivity contribution in [1.82, 2.24) is 29.8 Å². The number of imidazole rings is 1. The van der Waals surface area contributed by atoms with Gasteiger partial charge in [-0.3, -0.25) is 14.7 Å². The summed E-state index contributed by atoms with van der Waals surface area (Å²) in [5.41, 5.74) is 7.53. The molecule has 2 aromatic carbocycles. The van der Waals surface area contributed by atoms with Crippen molar-refractivity contribution < 1.29 is 5.11 Å². The first-order valence-electron chi connectivity index (χ1n) is 11.7. The smallest absolute Gasteiger partial charge is 0.159 e. The molecule has 1 aliphatic rings. The van der Waals surface area contributed by atoms with Gasteiger partial charge in [-0.15, -0.1) is 0 Å². The van der Waals surface area contributed by atoms with Gasteiger partial charge < -0.3 is 10.1 Å². The Morgan fingerprint density at radius 3 is 2.91 bits per heavy atom.